The molecule has 5 nitrogen and oxygen atoms in total. The molecule has 0 spiro atoms. The van der Waals surface area contributed by atoms with E-state index in [0.717, 1.165) is 16.7 Å². The minimum Gasteiger partial charge on any atom is -0.346 e. The third-order valence-corrected chi connectivity index (χ3v) is 7.25. The fourth-order valence-corrected chi connectivity index (χ4v) is 4.96. The van der Waals surface area contributed by atoms with Gasteiger partial charge in [-0.3, -0.25) is 4.79 Å². The van der Waals surface area contributed by atoms with Crippen molar-refractivity contribution >= 4 is 15.9 Å². The van der Waals surface area contributed by atoms with E-state index in [2.05, 4.69) is 5.32 Å². The van der Waals surface area contributed by atoms with Gasteiger partial charge in [0.25, 0.3) is 5.91 Å². The van der Waals surface area contributed by atoms with E-state index >= 15 is 0 Å². The summed E-state index contributed by atoms with van der Waals surface area (Å²) in [7, 11) is -3.57. The predicted molar refractivity (Wildman–Crippen MR) is 123 cm³/mol. The Kier molecular flexibility index (Phi) is 7.25. The van der Waals surface area contributed by atoms with E-state index in [9.17, 15) is 13.2 Å². The summed E-state index contributed by atoms with van der Waals surface area (Å²) in [4.78, 5) is 12.9. The SMILES string of the molecule is CCN(Cc1ccc(C(=O)N[C@H](C)c2ccccc2C)cc1)S(=O)(=O)c1ccccc1. The van der Waals surface area contributed by atoms with Crippen LogP contribution in [0.5, 0.6) is 0 Å². The van der Waals surface area contributed by atoms with E-state index in [-0.39, 0.29) is 23.4 Å². The molecule has 0 saturated heterocycles. The first-order chi connectivity index (χ1) is 14.8. The van der Waals surface area contributed by atoms with Crippen LogP contribution in [0.1, 0.15) is 46.9 Å². The number of nitrogens with zero attached hydrogens (tertiary/aromatic N) is 1. The van der Waals surface area contributed by atoms with Gasteiger partial charge in [0.05, 0.1) is 10.9 Å². The average molecular weight is 437 g/mol. The van der Waals surface area contributed by atoms with Crippen LogP contribution in [0.3, 0.4) is 0 Å². The fourth-order valence-electron chi connectivity index (χ4n) is 3.50. The first kappa shape index (κ1) is 22.7. The zero-order chi connectivity index (χ0) is 22.4. The Morgan fingerprint density at radius 3 is 2.16 bits per heavy atom. The number of aryl methyl sites for hydroxylation is 1. The maximum Gasteiger partial charge on any atom is 0.251 e. The molecule has 1 atom stereocenters. The lowest BCUT2D eigenvalue weighted by molar-refractivity contribution is 0.0940. The van der Waals surface area contributed by atoms with Crippen LogP contribution >= 0.6 is 0 Å². The average Bonchev–Trinajstić information content (AvgIpc) is 2.78. The van der Waals surface area contributed by atoms with Crippen molar-refractivity contribution in [2.24, 2.45) is 0 Å². The molecule has 0 saturated carbocycles. The summed E-state index contributed by atoms with van der Waals surface area (Å²) < 4.78 is 27.2. The lowest BCUT2D eigenvalue weighted by atomic mass is 10.0. The van der Waals surface area contributed by atoms with Gasteiger partial charge in [0.15, 0.2) is 0 Å². The molecule has 3 aromatic rings. The minimum atomic E-state index is -3.57. The molecular weight excluding hydrogens is 408 g/mol. The molecule has 1 amide bonds. The standard InChI is InChI=1S/C25H28N2O3S/c1-4-27(31(29,30)23-11-6-5-7-12-23)18-21-14-16-22(17-15-21)25(28)26-20(3)24-13-9-8-10-19(24)2/h5-17,20H,4,18H2,1-3H3,(H,26,28)/t20-/m1/s1. The monoisotopic (exact) mass is 436 g/mol. The third-order valence-electron chi connectivity index (χ3n) is 5.31. The summed E-state index contributed by atoms with van der Waals surface area (Å²) in [6.07, 6.45) is 0. The smallest absolute Gasteiger partial charge is 0.251 e. The third kappa shape index (κ3) is 5.40. The largest absolute Gasteiger partial charge is 0.346 e. The molecule has 6 heteroatoms. The van der Waals surface area contributed by atoms with Gasteiger partial charge < -0.3 is 5.32 Å². The molecule has 3 aromatic carbocycles. The number of benzene rings is 3. The topological polar surface area (TPSA) is 66.5 Å². The van der Waals surface area contributed by atoms with Gasteiger partial charge in [0, 0.05) is 18.7 Å². The number of amides is 1. The molecule has 0 bridgehead atoms. The number of rotatable bonds is 8. The normalized spacial score (nSPS) is 12.5. The number of carbonyl (C=O) groups is 1. The van der Waals surface area contributed by atoms with E-state index in [1.807, 2.05) is 45.0 Å². The Bertz CT molecular complexity index is 1130. The van der Waals surface area contributed by atoms with Gasteiger partial charge in [-0.05, 0) is 54.8 Å². The second-order valence-corrected chi connectivity index (χ2v) is 9.43. The van der Waals surface area contributed by atoms with E-state index in [0.29, 0.717) is 12.1 Å². The van der Waals surface area contributed by atoms with Crippen LogP contribution in [0, 0.1) is 6.92 Å². The molecular formula is C25H28N2O3S. The number of hydrogen-bond acceptors (Lipinski definition) is 3. The lowest BCUT2D eigenvalue weighted by Crippen LogP contribution is -2.30. The number of sulfonamides is 1. The molecule has 1 N–H and O–H groups in total. The van der Waals surface area contributed by atoms with Gasteiger partial charge in [-0.25, -0.2) is 8.42 Å². The molecule has 0 radical (unpaired) electrons. The van der Waals surface area contributed by atoms with E-state index in [1.54, 1.807) is 54.6 Å². The van der Waals surface area contributed by atoms with E-state index < -0.39 is 10.0 Å². The molecule has 0 heterocycles. The van der Waals surface area contributed by atoms with Crippen LogP contribution in [0.2, 0.25) is 0 Å². The number of nitrogens with one attached hydrogen (secondary N) is 1. The van der Waals surface area contributed by atoms with Gasteiger partial charge in [0.1, 0.15) is 0 Å². The van der Waals surface area contributed by atoms with E-state index in [1.165, 1.54) is 4.31 Å². The first-order valence-corrected chi connectivity index (χ1v) is 11.8. The van der Waals surface area contributed by atoms with Gasteiger partial charge >= 0.3 is 0 Å². The van der Waals surface area contributed by atoms with Gasteiger partial charge in [-0.1, -0.05) is 61.5 Å². The Hall–Kier alpha value is -2.96. The van der Waals surface area contributed by atoms with Crippen LogP contribution < -0.4 is 5.32 Å². The highest BCUT2D eigenvalue weighted by atomic mass is 32.2. The molecule has 0 fully saturated rings. The highest BCUT2D eigenvalue weighted by Crippen LogP contribution is 2.19. The summed E-state index contributed by atoms with van der Waals surface area (Å²) in [5.74, 6) is -0.161. The highest BCUT2D eigenvalue weighted by molar-refractivity contribution is 7.89. The molecule has 0 aliphatic carbocycles. The van der Waals surface area contributed by atoms with Gasteiger partial charge in [-0.15, -0.1) is 0 Å². The molecule has 0 aliphatic rings. The predicted octanol–water partition coefficient (Wildman–Crippen LogP) is 4.70. The Balaban J connectivity index is 1.69. The summed E-state index contributed by atoms with van der Waals surface area (Å²) in [5, 5.41) is 3.03. The quantitative estimate of drug-likeness (QED) is 0.557. The molecule has 0 unspecified atom stereocenters. The van der Waals surface area contributed by atoms with Gasteiger partial charge in [0.2, 0.25) is 10.0 Å². The molecule has 162 valence electrons. The van der Waals surface area contributed by atoms with Crippen molar-refractivity contribution < 1.29 is 13.2 Å². The maximum atomic E-state index is 12.9. The van der Waals surface area contributed by atoms with Crippen molar-refractivity contribution in [2.75, 3.05) is 6.54 Å². The zero-order valence-electron chi connectivity index (χ0n) is 18.1. The van der Waals surface area contributed by atoms with Crippen LogP contribution in [-0.2, 0) is 16.6 Å². The van der Waals surface area contributed by atoms with Crippen molar-refractivity contribution in [3.8, 4) is 0 Å². The van der Waals surface area contributed by atoms with Crippen LogP contribution in [0.25, 0.3) is 0 Å². The second-order valence-electron chi connectivity index (χ2n) is 7.49. The fraction of sp³-hybridized carbons (Fsp3) is 0.240. The van der Waals surface area contributed by atoms with E-state index in [4.69, 9.17) is 0 Å². The van der Waals surface area contributed by atoms with Crippen LogP contribution in [-0.4, -0.2) is 25.2 Å². The summed E-state index contributed by atoms with van der Waals surface area (Å²) >= 11 is 0. The minimum absolute atomic E-state index is 0.111. The number of hydrogen-bond donors (Lipinski definition) is 1. The molecule has 0 aromatic heterocycles. The van der Waals surface area contributed by atoms with Crippen LogP contribution in [0.4, 0.5) is 0 Å². The second kappa shape index (κ2) is 9.90. The molecule has 31 heavy (non-hydrogen) atoms. The van der Waals surface area contributed by atoms with Crippen molar-refractivity contribution in [3.05, 3.63) is 101 Å². The van der Waals surface area contributed by atoms with Crippen molar-refractivity contribution in [1.82, 2.24) is 9.62 Å². The summed E-state index contributed by atoms with van der Waals surface area (Å²) in [6.45, 7) is 6.40. The summed E-state index contributed by atoms with van der Waals surface area (Å²) in [6, 6.07) is 23.3. The van der Waals surface area contributed by atoms with Crippen LogP contribution in [0.15, 0.2) is 83.8 Å². The first-order valence-electron chi connectivity index (χ1n) is 10.3. The Morgan fingerprint density at radius 1 is 0.935 bits per heavy atom. The Morgan fingerprint density at radius 2 is 1.55 bits per heavy atom. The Labute approximate surface area is 184 Å². The van der Waals surface area contributed by atoms with Crippen molar-refractivity contribution in [3.63, 3.8) is 0 Å². The number of carbonyl (C=O) groups excluding carboxylic acids is 1. The maximum absolute atomic E-state index is 12.9. The molecule has 0 aliphatic heterocycles. The van der Waals surface area contributed by atoms with Crippen molar-refractivity contribution in [2.45, 2.75) is 38.3 Å². The lowest BCUT2D eigenvalue weighted by Gasteiger charge is -2.21. The van der Waals surface area contributed by atoms with Crippen molar-refractivity contribution in [1.29, 1.82) is 0 Å². The van der Waals surface area contributed by atoms with Gasteiger partial charge in [-0.2, -0.15) is 4.31 Å². The zero-order valence-corrected chi connectivity index (χ0v) is 18.9. The highest BCUT2D eigenvalue weighted by Gasteiger charge is 2.23. The molecule has 3 rings (SSSR count). The summed E-state index contributed by atoms with van der Waals surface area (Å²) in [5.41, 5.74) is 3.57.